The van der Waals surface area contributed by atoms with Crippen LogP contribution in [0.15, 0.2) is 30.3 Å². The Balaban J connectivity index is 3.04. The summed E-state index contributed by atoms with van der Waals surface area (Å²) < 4.78 is 17.4. The molecule has 1 aromatic rings. The average Bonchev–Trinajstić information content (AvgIpc) is 2.43. The number of ether oxygens (including phenoxy) is 1. The number of hydrogen-bond acceptors (Lipinski definition) is 4. The van der Waals surface area contributed by atoms with E-state index in [2.05, 4.69) is 4.74 Å². The van der Waals surface area contributed by atoms with E-state index < -0.39 is 11.9 Å². The van der Waals surface area contributed by atoms with Gasteiger partial charge >= 0.3 is 5.97 Å². The maximum Gasteiger partial charge on any atom is 0.320 e. The molecule has 0 aliphatic heterocycles. The highest BCUT2D eigenvalue weighted by Crippen LogP contribution is 2.15. The minimum atomic E-state index is -1.03. The van der Waals surface area contributed by atoms with Gasteiger partial charge in [0.1, 0.15) is 11.7 Å². The van der Waals surface area contributed by atoms with Crippen LogP contribution in [0, 0.1) is 11.7 Å². The number of carbonyl (C=O) groups excluding carboxylic acids is 2. The van der Waals surface area contributed by atoms with Gasteiger partial charge in [0.2, 0.25) is 0 Å². The fourth-order valence-corrected chi connectivity index (χ4v) is 1.56. The number of halogens is 1. The molecule has 0 heterocycles. The Hall–Kier alpha value is -2.17. The van der Waals surface area contributed by atoms with Crippen molar-refractivity contribution in [3.8, 4) is 0 Å². The molecule has 1 aromatic carbocycles. The number of hydrogen-bond donors (Lipinski definition) is 1. The van der Waals surface area contributed by atoms with Crippen LogP contribution in [-0.2, 0) is 14.3 Å². The molecule has 0 fully saturated rings. The standard InChI is InChI=1S/C14H16FNO3/c1-3-13(17)11(14(18)19-2)8-12(16)9-4-6-10(15)7-5-9/h4-8,11H,3,16H2,1-2H3. The summed E-state index contributed by atoms with van der Waals surface area (Å²) in [6.07, 6.45) is 1.54. The summed E-state index contributed by atoms with van der Waals surface area (Å²) >= 11 is 0. The molecular weight excluding hydrogens is 249 g/mol. The second-order valence-electron chi connectivity index (χ2n) is 3.95. The highest BCUT2D eigenvalue weighted by molar-refractivity contribution is 6.01. The Morgan fingerprint density at radius 2 is 1.95 bits per heavy atom. The van der Waals surface area contributed by atoms with Crippen molar-refractivity contribution in [1.82, 2.24) is 0 Å². The third-order valence-corrected chi connectivity index (χ3v) is 2.67. The van der Waals surface area contributed by atoms with Crippen LogP contribution in [0.5, 0.6) is 0 Å². The second kappa shape index (κ2) is 6.68. The molecule has 1 atom stereocenters. The smallest absolute Gasteiger partial charge is 0.320 e. The van der Waals surface area contributed by atoms with Crippen molar-refractivity contribution in [3.63, 3.8) is 0 Å². The highest BCUT2D eigenvalue weighted by atomic mass is 19.1. The van der Waals surface area contributed by atoms with E-state index in [1.807, 2.05) is 0 Å². The molecule has 0 aliphatic carbocycles. The van der Waals surface area contributed by atoms with E-state index in [0.717, 1.165) is 0 Å². The van der Waals surface area contributed by atoms with Crippen molar-refractivity contribution < 1.29 is 18.7 Å². The van der Waals surface area contributed by atoms with Gasteiger partial charge in [-0.25, -0.2) is 4.39 Å². The fourth-order valence-electron chi connectivity index (χ4n) is 1.56. The van der Waals surface area contributed by atoms with Crippen LogP contribution in [0.1, 0.15) is 18.9 Å². The first kappa shape index (κ1) is 14.9. The lowest BCUT2D eigenvalue weighted by Crippen LogP contribution is -2.24. The molecule has 1 unspecified atom stereocenters. The van der Waals surface area contributed by atoms with Gasteiger partial charge in [0.15, 0.2) is 5.78 Å². The number of nitrogens with two attached hydrogens (primary N) is 1. The molecular formula is C14H16FNO3. The van der Waals surface area contributed by atoms with Crippen molar-refractivity contribution in [1.29, 1.82) is 0 Å². The van der Waals surface area contributed by atoms with E-state index in [0.29, 0.717) is 5.56 Å². The Morgan fingerprint density at radius 3 is 2.42 bits per heavy atom. The van der Waals surface area contributed by atoms with Crippen LogP contribution in [0.2, 0.25) is 0 Å². The van der Waals surface area contributed by atoms with Crippen LogP contribution < -0.4 is 5.73 Å². The van der Waals surface area contributed by atoms with Gasteiger partial charge in [0.25, 0.3) is 0 Å². The lowest BCUT2D eigenvalue weighted by Gasteiger charge is -2.10. The quantitative estimate of drug-likeness (QED) is 0.652. The zero-order valence-corrected chi connectivity index (χ0v) is 10.9. The largest absolute Gasteiger partial charge is 0.468 e. The number of carbonyl (C=O) groups is 2. The number of rotatable bonds is 5. The molecule has 1 rings (SSSR count). The van der Waals surface area contributed by atoms with E-state index in [1.54, 1.807) is 6.92 Å². The number of Topliss-reactive ketones (excluding diaryl/α,β-unsaturated/α-hetero) is 1. The topological polar surface area (TPSA) is 69.4 Å². The maximum absolute atomic E-state index is 12.8. The monoisotopic (exact) mass is 265 g/mol. The van der Waals surface area contributed by atoms with Gasteiger partial charge in [-0.2, -0.15) is 0 Å². The van der Waals surface area contributed by atoms with Gasteiger partial charge in [0.05, 0.1) is 7.11 Å². The Labute approximate surface area is 111 Å². The zero-order valence-electron chi connectivity index (χ0n) is 10.9. The first-order valence-corrected chi connectivity index (χ1v) is 5.83. The SMILES string of the molecule is CCC(=O)C(C=C(N)c1ccc(F)cc1)C(=O)OC. The van der Waals surface area contributed by atoms with Crippen LogP contribution >= 0.6 is 0 Å². The first-order chi connectivity index (χ1) is 8.99. The minimum Gasteiger partial charge on any atom is -0.468 e. The lowest BCUT2D eigenvalue weighted by molar-refractivity contribution is -0.147. The molecule has 0 amide bonds. The third-order valence-electron chi connectivity index (χ3n) is 2.67. The molecule has 19 heavy (non-hydrogen) atoms. The van der Waals surface area contributed by atoms with Crippen LogP contribution in [0.3, 0.4) is 0 Å². The fraction of sp³-hybridized carbons (Fsp3) is 0.286. The van der Waals surface area contributed by atoms with E-state index in [-0.39, 0.29) is 23.7 Å². The molecule has 0 spiro atoms. The lowest BCUT2D eigenvalue weighted by atomic mass is 9.99. The summed E-state index contributed by atoms with van der Waals surface area (Å²) in [5.41, 5.74) is 6.58. The molecule has 0 bridgehead atoms. The van der Waals surface area contributed by atoms with Crippen LogP contribution in [0.4, 0.5) is 4.39 Å². The van der Waals surface area contributed by atoms with Gasteiger partial charge < -0.3 is 10.5 Å². The molecule has 0 saturated heterocycles. The van der Waals surface area contributed by atoms with Crippen molar-refractivity contribution in [2.75, 3.05) is 7.11 Å². The van der Waals surface area contributed by atoms with Crippen molar-refractivity contribution in [3.05, 3.63) is 41.7 Å². The zero-order chi connectivity index (χ0) is 14.4. The van der Waals surface area contributed by atoms with E-state index >= 15 is 0 Å². The molecule has 0 saturated carbocycles. The predicted molar refractivity (Wildman–Crippen MR) is 69.4 cm³/mol. The Bertz CT molecular complexity index is 478. The highest BCUT2D eigenvalue weighted by Gasteiger charge is 2.24. The second-order valence-corrected chi connectivity index (χ2v) is 3.95. The van der Waals surface area contributed by atoms with E-state index in [9.17, 15) is 14.0 Å². The maximum atomic E-state index is 12.8. The summed E-state index contributed by atoms with van der Waals surface area (Å²) in [4.78, 5) is 23.2. The van der Waals surface area contributed by atoms with Gasteiger partial charge in [-0.3, -0.25) is 9.59 Å². The Kier molecular flexibility index (Phi) is 5.23. The molecule has 5 heteroatoms. The number of esters is 1. The van der Waals surface area contributed by atoms with Crippen LogP contribution in [0.25, 0.3) is 5.70 Å². The van der Waals surface area contributed by atoms with Gasteiger partial charge in [-0.05, 0) is 23.8 Å². The summed E-state index contributed by atoms with van der Waals surface area (Å²) in [7, 11) is 1.21. The van der Waals surface area contributed by atoms with Crippen molar-refractivity contribution >= 4 is 17.4 Å². The van der Waals surface area contributed by atoms with Crippen molar-refractivity contribution in [2.24, 2.45) is 11.7 Å². The van der Waals surface area contributed by atoms with Crippen LogP contribution in [-0.4, -0.2) is 18.9 Å². The normalized spacial score (nSPS) is 12.9. The third kappa shape index (κ3) is 3.91. The first-order valence-electron chi connectivity index (χ1n) is 5.83. The summed E-state index contributed by atoms with van der Waals surface area (Å²) in [6.45, 7) is 1.65. The number of methoxy groups -OCH3 is 1. The van der Waals surface area contributed by atoms with Gasteiger partial charge in [-0.15, -0.1) is 0 Å². The van der Waals surface area contributed by atoms with E-state index in [1.165, 1.54) is 37.5 Å². The molecule has 102 valence electrons. The number of ketones is 1. The van der Waals surface area contributed by atoms with Crippen molar-refractivity contribution in [2.45, 2.75) is 13.3 Å². The molecule has 0 aromatic heterocycles. The average molecular weight is 265 g/mol. The molecule has 0 aliphatic rings. The summed E-state index contributed by atoms with van der Waals surface area (Å²) in [5.74, 6) is -2.35. The summed E-state index contributed by atoms with van der Waals surface area (Å²) in [6, 6.07) is 5.47. The molecule has 2 N–H and O–H groups in total. The Morgan fingerprint density at radius 1 is 1.37 bits per heavy atom. The van der Waals surface area contributed by atoms with Gasteiger partial charge in [-0.1, -0.05) is 19.1 Å². The predicted octanol–water partition coefficient (Wildman–Crippen LogP) is 1.89. The molecule has 0 radical (unpaired) electrons. The minimum absolute atomic E-state index is 0.201. The molecule has 4 nitrogen and oxygen atoms in total. The summed E-state index contributed by atoms with van der Waals surface area (Å²) in [5, 5.41) is 0. The van der Waals surface area contributed by atoms with Gasteiger partial charge in [0, 0.05) is 12.1 Å². The van der Waals surface area contributed by atoms with E-state index in [4.69, 9.17) is 5.73 Å². The number of benzene rings is 1.